The van der Waals surface area contributed by atoms with Gasteiger partial charge in [0.25, 0.3) is 0 Å². The van der Waals surface area contributed by atoms with Gasteiger partial charge in [0.2, 0.25) is 0 Å². The van der Waals surface area contributed by atoms with Crippen LogP contribution < -0.4 is 0 Å². The van der Waals surface area contributed by atoms with E-state index in [4.69, 9.17) is 21.5 Å². The molecule has 0 bridgehead atoms. The van der Waals surface area contributed by atoms with Crippen molar-refractivity contribution in [1.82, 2.24) is 24.1 Å². The highest BCUT2D eigenvalue weighted by Crippen LogP contribution is 2.45. The minimum absolute atomic E-state index is 0.108. The summed E-state index contributed by atoms with van der Waals surface area (Å²) < 4.78 is 4.74. The molecule has 0 saturated heterocycles. The van der Waals surface area contributed by atoms with Crippen molar-refractivity contribution in [3.63, 3.8) is 0 Å². The van der Waals surface area contributed by atoms with E-state index < -0.39 is 0 Å². The molecule has 438 valence electrons. The zero-order valence-electron chi connectivity index (χ0n) is 53.2. The topological polar surface area (TPSA) is 100 Å². The maximum Gasteiger partial charge on any atom is 0.187 e. The Bertz CT molecular complexity index is 4800. The first-order valence-electron chi connectivity index (χ1n) is 30.8. The highest BCUT2D eigenvalue weighted by molar-refractivity contribution is 6.12. The molecule has 0 radical (unpaired) electrons. The number of aromatic nitrogens is 5. The molecule has 8 heteroatoms. The summed E-state index contributed by atoms with van der Waals surface area (Å²) in [5.74, 6) is 1.32. The molecular formula is C82H70N8. The molecule has 0 N–H and O–H groups in total. The normalized spacial score (nSPS) is 12.2. The lowest BCUT2D eigenvalue weighted by Crippen LogP contribution is -2.10. The van der Waals surface area contributed by atoms with Gasteiger partial charge >= 0.3 is 0 Å². The second-order valence-corrected chi connectivity index (χ2v) is 28.0. The molecule has 0 atom stereocenters. The Morgan fingerprint density at radius 3 is 1.02 bits per heavy atom. The number of rotatable bonds is 8. The summed E-state index contributed by atoms with van der Waals surface area (Å²) >= 11 is 0. The largest absolute Gasteiger partial charge is 0.309 e. The van der Waals surface area contributed by atoms with Crippen LogP contribution in [0.25, 0.3) is 127 Å². The molecule has 0 aliphatic rings. The number of hydrogen-bond acceptors (Lipinski definition) is 5. The van der Waals surface area contributed by atoms with E-state index in [-0.39, 0.29) is 21.7 Å². The van der Waals surface area contributed by atoms with Crippen LogP contribution in [0.15, 0.2) is 206 Å². The molecule has 3 aromatic heterocycles. The first-order chi connectivity index (χ1) is 42.9. The van der Waals surface area contributed by atoms with Gasteiger partial charge in [0, 0.05) is 38.2 Å². The molecule has 0 aliphatic carbocycles. The van der Waals surface area contributed by atoms with Crippen molar-refractivity contribution in [1.29, 1.82) is 10.5 Å². The fourth-order valence-electron chi connectivity index (χ4n) is 12.5. The molecule has 3 heterocycles. The fourth-order valence-corrected chi connectivity index (χ4v) is 12.5. The van der Waals surface area contributed by atoms with E-state index >= 15 is 0 Å². The molecule has 10 aromatic carbocycles. The van der Waals surface area contributed by atoms with Gasteiger partial charge in [0.15, 0.2) is 23.2 Å². The van der Waals surface area contributed by atoms with Gasteiger partial charge in [-0.25, -0.2) is 19.8 Å². The summed E-state index contributed by atoms with van der Waals surface area (Å²) in [6.07, 6.45) is 0. The van der Waals surface area contributed by atoms with Gasteiger partial charge in [-0.15, -0.1) is 0 Å². The summed E-state index contributed by atoms with van der Waals surface area (Å²) in [7, 11) is 0. The lowest BCUT2D eigenvalue weighted by Gasteiger charge is -2.20. The van der Waals surface area contributed by atoms with Gasteiger partial charge in [-0.1, -0.05) is 180 Å². The Kier molecular flexibility index (Phi) is 14.2. The van der Waals surface area contributed by atoms with Crippen LogP contribution in [0.2, 0.25) is 0 Å². The number of nitriles is 2. The highest BCUT2D eigenvalue weighted by atomic mass is 15.1. The third-order valence-corrected chi connectivity index (χ3v) is 17.7. The smallest absolute Gasteiger partial charge is 0.187 e. The summed E-state index contributed by atoms with van der Waals surface area (Å²) in [5, 5.41) is 24.9. The standard InChI is InChI=1S/C82H70N8/c1-79(2,3)59-28-34-70-64(44-59)65-45-60(80(4,5)6)29-35-71(65)89(70)74-32-26-56(53-21-15-19-51(39-53)49-84)42-68(74)77-86-76(58-24-16-22-54(40-58)52-20-14-18-50(38-52)48-83)87-78(88-77)69-43-57(55-23-17-25-63(41-55)85-13)27-33-75(69)90-72-36-30-61(81(7,8)9)46-66(72)67-47-62(82(10,11)12)31-37-73(67)90/h14-47H,1-12H3. The average molecular weight is 1170 g/mol. The molecule has 13 aromatic rings. The van der Waals surface area contributed by atoms with E-state index in [1.807, 2.05) is 84.9 Å². The summed E-state index contributed by atoms with van der Waals surface area (Å²) in [6, 6.07) is 76.6. The molecule has 8 nitrogen and oxygen atoms in total. The third kappa shape index (κ3) is 10.7. The van der Waals surface area contributed by atoms with Crippen LogP contribution in [0.5, 0.6) is 0 Å². The van der Waals surface area contributed by atoms with E-state index in [2.05, 4.69) is 231 Å². The third-order valence-electron chi connectivity index (χ3n) is 17.7. The predicted molar refractivity (Wildman–Crippen MR) is 372 cm³/mol. The molecular weight excluding hydrogens is 1100 g/mol. The zero-order valence-corrected chi connectivity index (χ0v) is 53.2. The average Bonchev–Trinajstić information content (AvgIpc) is 1.57. The van der Waals surface area contributed by atoms with Crippen molar-refractivity contribution < 1.29 is 0 Å². The molecule has 0 amide bonds. The van der Waals surface area contributed by atoms with Crippen LogP contribution in [0.1, 0.15) is 116 Å². The quantitative estimate of drug-likeness (QED) is 0.141. The van der Waals surface area contributed by atoms with Gasteiger partial charge in [-0.05, 0) is 186 Å². The van der Waals surface area contributed by atoms with Crippen molar-refractivity contribution in [2.75, 3.05) is 0 Å². The fraction of sp³-hybridized carbons (Fsp3) is 0.195. The molecule has 90 heavy (non-hydrogen) atoms. The Hall–Kier alpha value is -10.7. The van der Waals surface area contributed by atoms with Crippen molar-refractivity contribution in [3.05, 3.63) is 251 Å². The lowest BCUT2D eigenvalue weighted by molar-refractivity contribution is 0.590. The van der Waals surface area contributed by atoms with E-state index in [1.54, 1.807) is 0 Å². The Morgan fingerprint density at radius 1 is 0.333 bits per heavy atom. The molecule has 13 rings (SSSR count). The van der Waals surface area contributed by atoms with Gasteiger partial charge in [0.05, 0.1) is 63.3 Å². The number of hydrogen-bond donors (Lipinski definition) is 0. The molecule has 0 aliphatic heterocycles. The van der Waals surface area contributed by atoms with Gasteiger partial charge < -0.3 is 9.13 Å². The maximum atomic E-state index is 10.3. The van der Waals surface area contributed by atoms with Crippen LogP contribution in [-0.2, 0) is 21.7 Å². The first kappa shape index (κ1) is 58.3. The lowest BCUT2D eigenvalue weighted by atomic mass is 9.85. The zero-order chi connectivity index (χ0) is 63.2. The number of benzene rings is 10. The van der Waals surface area contributed by atoms with Crippen molar-refractivity contribution >= 4 is 49.3 Å². The minimum atomic E-state index is -0.109. The second kappa shape index (κ2) is 21.8. The molecule has 0 spiro atoms. The van der Waals surface area contributed by atoms with Crippen LogP contribution in [0, 0.1) is 29.2 Å². The van der Waals surface area contributed by atoms with E-state index in [1.165, 1.54) is 22.3 Å². The van der Waals surface area contributed by atoms with Crippen LogP contribution in [0.4, 0.5) is 5.69 Å². The molecule has 0 saturated carbocycles. The van der Waals surface area contributed by atoms with E-state index in [0.29, 0.717) is 34.3 Å². The Balaban J connectivity index is 1.17. The number of nitrogens with zero attached hydrogens (tertiary/aromatic N) is 8. The molecule has 0 fully saturated rings. The van der Waals surface area contributed by atoms with Gasteiger partial charge in [-0.2, -0.15) is 10.5 Å². The number of fused-ring (bicyclic) bond motifs is 6. The monoisotopic (exact) mass is 1170 g/mol. The van der Waals surface area contributed by atoms with Crippen molar-refractivity contribution in [2.45, 2.75) is 105 Å². The Labute approximate surface area is 527 Å². The summed E-state index contributed by atoms with van der Waals surface area (Å²) in [4.78, 5) is 20.9. The second-order valence-electron chi connectivity index (χ2n) is 28.0. The van der Waals surface area contributed by atoms with Gasteiger partial charge in [0.1, 0.15) is 0 Å². The van der Waals surface area contributed by atoms with Crippen molar-refractivity contribution in [2.24, 2.45) is 0 Å². The molecule has 0 unspecified atom stereocenters. The van der Waals surface area contributed by atoms with Crippen LogP contribution in [-0.4, -0.2) is 24.1 Å². The minimum Gasteiger partial charge on any atom is -0.309 e. The van der Waals surface area contributed by atoms with Crippen LogP contribution in [0.3, 0.4) is 0 Å². The van der Waals surface area contributed by atoms with Crippen LogP contribution >= 0.6 is 0 Å². The first-order valence-corrected chi connectivity index (χ1v) is 30.8. The predicted octanol–water partition coefficient (Wildman–Crippen LogP) is 21.6. The van der Waals surface area contributed by atoms with Gasteiger partial charge in [-0.3, -0.25) is 0 Å². The SMILES string of the molecule is [C-]#[N+]c1cccc(-c2ccc(-n3c4ccc(C(C)(C)C)cc4c4cc(C(C)(C)C)ccc43)c(-c3nc(-c4cccc(-c5cccc(C#N)c5)c4)nc(-c4cc(-c5cccc(C#N)c5)ccc4-n4c5ccc(C(C)(C)C)cc5c5cc(C(C)(C)C)ccc54)n3)c2)c1. The highest BCUT2D eigenvalue weighted by Gasteiger charge is 2.28. The summed E-state index contributed by atoms with van der Waals surface area (Å²) in [6.45, 7) is 35.2. The Morgan fingerprint density at radius 2 is 0.656 bits per heavy atom. The van der Waals surface area contributed by atoms with E-state index in [0.717, 1.165) is 105 Å². The van der Waals surface area contributed by atoms with Crippen molar-refractivity contribution in [3.8, 4) is 91.1 Å². The van der Waals surface area contributed by atoms with E-state index in [9.17, 15) is 10.5 Å². The maximum absolute atomic E-state index is 10.3. The summed E-state index contributed by atoms with van der Waals surface area (Å²) in [5.41, 5.74) is 19.7.